The van der Waals surface area contributed by atoms with Gasteiger partial charge in [-0.15, -0.1) is 0 Å². The van der Waals surface area contributed by atoms with Crippen LogP contribution in [-0.2, 0) is 15.5 Å². The van der Waals surface area contributed by atoms with Gasteiger partial charge < -0.3 is 4.18 Å². The molecule has 0 heterocycles. The number of hydrogen-bond donors (Lipinski definition) is 0. The molecule has 0 amide bonds. The van der Waals surface area contributed by atoms with Crippen LogP contribution in [0.5, 0.6) is 5.75 Å². The molecule has 1 rings (SSSR count). The molecule has 7 heteroatoms. The van der Waals surface area contributed by atoms with Crippen molar-refractivity contribution in [2.45, 2.75) is 37.9 Å². The van der Waals surface area contributed by atoms with Crippen LogP contribution in [0.1, 0.15) is 32.8 Å². The number of halogens is 3. The van der Waals surface area contributed by atoms with Gasteiger partial charge in [0.05, 0.1) is 0 Å². The minimum absolute atomic E-state index is 0.253. The third kappa shape index (κ3) is 3.45. The summed E-state index contributed by atoms with van der Waals surface area (Å²) in [6.45, 7) is 3.48. The molecule has 0 aliphatic heterocycles. The molecule has 0 radical (unpaired) electrons. The van der Waals surface area contributed by atoms with Crippen molar-refractivity contribution in [1.29, 1.82) is 0 Å². The molecule has 1 aromatic carbocycles. The van der Waals surface area contributed by atoms with Gasteiger partial charge in [-0.3, -0.25) is 0 Å². The van der Waals surface area contributed by atoms with Crippen molar-refractivity contribution in [3.63, 3.8) is 0 Å². The minimum Gasteiger partial charge on any atom is -0.378 e. The van der Waals surface area contributed by atoms with Gasteiger partial charge in [0.15, 0.2) is 6.67 Å². The van der Waals surface area contributed by atoms with E-state index in [9.17, 15) is 21.6 Å². The molecule has 0 spiro atoms. The highest BCUT2D eigenvalue weighted by Crippen LogP contribution is 2.31. The summed E-state index contributed by atoms with van der Waals surface area (Å²) in [5, 5.41) is -4.55. The van der Waals surface area contributed by atoms with Crippen LogP contribution in [-0.4, -0.2) is 20.3 Å². The van der Waals surface area contributed by atoms with Crippen LogP contribution in [0.25, 0.3) is 0 Å². The van der Waals surface area contributed by atoms with Crippen LogP contribution in [0.2, 0.25) is 0 Å². The molecular weight excluding hydrogens is 293 g/mol. The van der Waals surface area contributed by atoms with Crippen molar-refractivity contribution in [2.24, 2.45) is 0 Å². The summed E-state index contributed by atoms with van der Waals surface area (Å²) in [4.78, 5) is 0. The van der Waals surface area contributed by atoms with E-state index in [2.05, 4.69) is 4.18 Å². The SMILES string of the molecule is CCC(C)(C)c1cccc(OS(=O)(=O)C(F)(F)CF)c1. The maximum Gasteiger partial charge on any atom is 0.407 e. The van der Waals surface area contributed by atoms with Gasteiger partial charge in [-0.2, -0.15) is 17.2 Å². The molecule has 0 N–H and O–H groups in total. The van der Waals surface area contributed by atoms with Gasteiger partial charge in [-0.1, -0.05) is 32.9 Å². The molecule has 0 saturated carbocycles. The second kappa shape index (κ2) is 5.63. The highest BCUT2D eigenvalue weighted by Gasteiger charge is 2.47. The van der Waals surface area contributed by atoms with E-state index < -0.39 is 22.0 Å². The van der Waals surface area contributed by atoms with Gasteiger partial charge in [0.2, 0.25) is 0 Å². The van der Waals surface area contributed by atoms with Crippen LogP contribution in [0.4, 0.5) is 13.2 Å². The monoisotopic (exact) mass is 310 g/mol. The van der Waals surface area contributed by atoms with Crippen LogP contribution in [0.15, 0.2) is 24.3 Å². The van der Waals surface area contributed by atoms with Gasteiger partial charge in [-0.25, -0.2) is 4.39 Å². The third-order valence-electron chi connectivity index (χ3n) is 3.23. The fourth-order valence-corrected chi connectivity index (χ4v) is 2.04. The van der Waals surface area contributed by atoms with E-state index in [0.29, 0.717) is 0 Å². The van der Waals surface area contributed by atoms with E-state index in [-0.39, 0.29) is 11.2 Å². The van der Waals surface area contributed by atoms with Crippen molar-refractivity contribution in [1.82, 2.24) is 0 Å². The summed E-state index contributed by atoms with van der Waals surface area (Å²) in [6, 6.07) is 5.86. The zero-order chi connectivity index (χ0) is 15.6. The summed E-state index contributed by atoms with van der Waals surface area (Å²) in [5.41, 5.74) is 0.488. The van der Waals surface area contributed by atoms with Gasteiger partial charge in [0.1, 0.15) is 5.75 Å². The lowest BCUT2D eigenvalue weighted by Crippen LogP contribution is -2.34. The smallest absolute Gasteiger partial charge is 0.378 e. The predicted octanol–water partition coefficient (Wildman–Crippen LogP) is 3.65. The first-order valence-corrected chi connectivity index (χ1v) is 7.45. The van der Waals surface area contributed by atoms with Gasteiger partial charge in [-0.05, 0) is 29.5 Å². The molecule has 0 bridgehead atoms. The molecule has 0 aromatic heterocycles. The number of rotatable bonds is 6. The maximum atomic E-state index is 12.9. The summed E-state index contributed by atoms with van der Waals surface area (Å²) in [7, 11) is -5.34. The zero-order valence-corrected chi connectivity index (χ0v) is 12.3. The Morgan fingerprint density at radius 3 is 2.35 bits per heavy atom. The molecule has 114 valence electrons. The quantitative estimate of drug-likeness (QED) is 0.753. The van der Waals surface area contributed by atoms with Crippen LogP contribution in [0, 0.1) is 0 Å². The molecule has 20 heavy (non-hydrogen) atoms. The van der Waals surface area contributed by atoms with Crippen molar-refractivity contribution in [3.8, 4) is 5.75 Å². The lowest BCUT2D eigenvalue weighted by atomic mass is 9.82. The van der Waals surface area contributed by atoms with Crippen LogP contribution < -0.4 is 4.18 Å². The van der Waals surface area contributed by atoms with Gasteiger partial charge in [0, 0.05) is 0 Å². The topological polar surface area (TPSA) is 43.4 Å². The Balaban J connectivity index is 3.10. The fourth-order valence-electron chi connectivity index (χ4n) is 1.43. The van der Waals surface area contributed by atoms with E-state index >= 15 is 0 Å². The average Bonchev–Trinajstić information content (AvgIpc) is 2.38. The second-order valence-corrected chi connectivity index (χ2v) is 6.75. The Bertz CT molecular complexity index is 568. The first-order valence-electron chi connectivity index (χ1n) is 6.04. The molecule has 0 saturated heterocycles. The Morgan fingerprint density at radius 2 is 1.85 bits per heavy atom. The molecule has 0 atom stereocenters. The fraction of sp³-hybridized carbons (Fsp3) is 0.538. The minimum atomic E-state index is -5.34. The lowest BCUT2D eigenvalue weighted by molar-refractivity contribution is 0.0538. The number of hydrogen-bond acceptors (Lipinski definition) is 3. The van der Waals surface area contributed by atoms with E-state index in [1.54, 1.807) is 6.07 Å². The molecule has 0 unspecified atom stereocenters. The van der Waals surface area contributed by atoms with E-state index in [1.165, 1.54) is 18.2 Å². The first kappa shape index (κ1) is 16.8. The Kier molecular flexibility index (Phi) is 4.74. The van der Waals surface area contributed by atoms with E-state index in [1.807, 2.05) is 20.8 Å². The molecule has 1 aromatic rings. The van der Waals surface area contributed by atoms with E-state index in [4.69, 9.17) is 0 Å². The predicted molar refractivity (Wildman–Crippen MR) is 70.2 cm³/mol. The zero-order valence-electron chi connectivity index (χ0n) is 11.5. The second-order valence-electron chi connectivity index (χ2n) is 5.07. The van der Waals surface area contributed by atoms with Crippen molar-refractivity contribution in [3.05, 3.63) is 29.8 Å². The standard InChI is InChI=1S/C13H17F3O3S/c1-4-12(2,3)10-6-5-7-11(8-10)19-20(17,18)13(15,16)9-14/h5-8H,4,9H2,1-3H3. The largest absolute Gasteiger partial charge is 0.407 e. The van der Waals surface area contributed by atoms with Crippen LogP contribution >= 0.6 is 0 Å². The number of benzene rings is 1. The summed E-state index contributed by atoms with van der Waals surface area (Å²) < 4.78 is 64.8. The molecule has 0 aliphatic rings. The summed E-state index contributed by atoms with van der Waals surface area (Å²) >= 11 is 0. The normalized spacial score (nSPS) is 13.3. The van der Waals surface area contributed by atoms with Gasteiger partial charge in [0.25, 0.3) is 0 Å². The number of alkyl halides is 3. The third-order valence-corrected chi connectivity index (χ3v) is 4.48. The lowest BCUT2D eigenvalue weighted by Gasteiger charge is -2.24. The molecular formula is C13H17F3O3S. The van der Waals surface area contributed by atoms with Crippen molar-refractivity contribution >= 4 is 10.1 Å². The van der Waals surface area contributed by atoms with Crippen molar-refractivity contribution in [2.75, 3.05) is 6.67 Å². The molecule has 3 nitrogen and oxygen atoms in total. The first-order chi connectivity index (χ1) is 9.05. The Morgan fingerprint density at radius 1 is 1.25 bits per heavy atom. The average molecular weight is 310 g/mol. The molecule has 0 aliphatic carbocycles. The summed E-state index contributed by atoms with van der Waals surface area (Å²) in [6.07, 6.45) is 0.768. The maximum absolute atomic E-state index is 12.9. The van der Waals surface area contributed by atoms with Crippen molar-refractivity contribution < 1.29 is 25.8 Å². The Hall–Kier alpha value is -1.24. The molecule has 0 fully saturated rings. The highest BCUT2D eigenvalue weighted by atomic mass is 32.2. The Labute approximate surface area is 116 Å². The summed E-state index contributed by atoms with van der Waals surface area (Å²) in [5.74, 6) is -0.253. The van der Waals surface area contributed by atoms with Gasteiger partial charge >= 0.3 is 15.4 Å². The highest BCUT2D eigenvalue weighted by molar-refractivity contribution is 7.88. The van der Waals surface area contributed by atoms with E-state index in [0.717, 1.165) is 12.0 Å². The van der Waals surface area contributed by atoms with Crippen LogP contribution in [0.3, 0.4) is 0 Å².